The van der Waals surface area contributed by atoms with Gasteiger partial charge in [0.15, 0.2) is 0 Å². The number of carbonyl (C=O) groups is 2. The van der Waals surface area contributed by atoms with Crippen molar-refractivity contribution in [1.29, 1.82) is 0 Å². The Bertz CT molecular complexity index is 1620. The van der Waals surface area contributed by atoms with E-state index < -0.39 is 69.5 Å². The van der Waals surface area contributed by atoms with Crippen LogP contribution in [0.4, 0.5) is 36.4 Å². The predicted octanol–water partition coefficient (Wildman–Crippen LogP) is 7.28. The minimum atomic E-state index is -4.95. The number of hydrazine groups is 1. The molecule has 0 atom stereocenters. The SMILES string of the molecule is CC/C(O)=C(/C(=O)Nc1ccc(C(F)(F)F)cc1-c1cc(C(F)(F)F)ncn1)C(=O)N(Cc1ccc(F)c(Br)c1)N1CCCC1. The molecule has 2 heterocycles. The number of anilines is 1. The summed E-state index contributed by atoms with van der Waals surface area (Å²) >= 11 is 3.09. The molecule has 45 heavy (non-hydrogen) atoms. The van der Waals surface area contributed by atoms with Crippen LogP contribution in [0.2, 0.25) is 0 Å². The fourth-order valence-electron chi connectivity index (χ4n) is 4.60. The van der Waals surface area contributed by atoms with Crippen LogP contribution in [0.15, 0.2) is 64.6 Å². The van der Waals surface area contributed by atoms with Crippen molar-refractivity contribution in [2.45, 2.75) is 45.1 Å². The van der Waals surface area contributed by atoms with Gasteiger partial charge in [-0.15, -0.1) is 0 Å². The highest BCUT2D eigenvalue weighted by Crippen LogP contribution is 2.37. The number of allylic oxidation sites excluding steroid dienone is 1. The number of aliphatic hydroxyl groups is 1. The molecule has 2 aromatic carbocycles. The second-order valence-electron chi connectivity index (χ2n) is 9.95. The van der Waals surface area contributed by atoms with Gasteiger partial charge in [0.05, 0.1) is 28.0 Å². The molecule has 2 amide bonds. The monoisotopic (exact) mass is 703 g/mol. The summed E-state index contributed by atoms with van der Waals surface area (Å²) in [6.45, 7) is 2.18. The molecule has 3 aromatic rings. The van der Waals surface area contributed by atoms with E-state index in [9.17, 15) is 45.4 Å². The summed E-state index contributed by atoms with van der Waals surface area (Å²) in [5, 5.41) is 15.9. The van der Waals surface area contributed by atoms with Crippen molar-refractivity contribution in [3.63, 3.8) is 0 Å². The summed E-state index contributed by atoms with van der Waals surface area (Å²) in [7, 11) is 0. The lowest BCUT2D eigenvalue weighted by molar-refractivity contribution is -0.145. The van der Waals surface area contributed by atoms with Crippen LogP contribution in [-0.4, -0.2) is 50.0 Å². The fraction of sp³-hybridized carbons (Fsp3) is 0.310. The maximum atomic E-state index is 13.9. The number of nitrogens with one attached hydrogen (secondary N) is 1. The highest BCUT2D eigenvalue weighted by atomic mass is 79.9. The predicted molar refractivity (Wildman–Crippen MR) is 152 cm³/mol. The quantitative estimate of drug-likeness (QED) is 0.0842. The van der Waals surface area contributed by atoms with Gasteiger partial charge in [0.1, 0.15) is 29.2 Å². The van der Waals surface area contributed by atoms with Crippen molar-refractivity contribution >= 4 is 33.4 Å². The number of benzene rings is 2. The number of amides is 2. The molecule has 4 rings (SSSR count). The van der Waals surface area contributed by atoms with Crippen LogP contribution in [0, 0.1) is 5.82 Å². The Morgan fingerprint density at radius 3 is 2.29 bits per heavy atom. The van der Waals surface area contributed by atoms with Gasteiger partial charge < -0.3 is 10.4 Å². The van der Waals surface area contributed by atoms with Crippen LogP contribution in [0.5, 0.6) is 0 Å². The molecule has 1 aromatic heterocycles. The number of rotatable bonds is 8. The number of alkyl halides is 6. The second-order valence-corrected chi connectivity index (χ2v) is 10.8. The molecule has 0 spiro atoms. The normalized spacial score (nSPS) is 14.7. The van der Waals surface area contributed by atoms with Gasteiger partial charge in [-0.3, -0.25) is 14.6 Å². The Kier molecular flexibility index (Phi) is 10.2. The zero-order valence-corrected chi connectivity index (χ0v) is 25.0. The molecule has 0 unspecified atom stereocenters. The molecule has 0 saturated carbocycles. The first-order valence-corrected chi connectivity index (χ1v) is 14.2. The summed E-state index contributed by atoms with van der Waals surface area (Å²) < 4.78 is 94.8. The van der Waals surface area contributed by atoms with E-state index in [4.69, 9.17) is 0 Å². The van der Waals surface area contributed by atoms with Crippen LogP contribution in [0.25, 0.3) is 11.3 Å². The van der Waals surface area contributed by atoms with Crippen LogP contribution < -0.4 is 5.32 Å². The van der Waals surface area contributed by atoms with Crippen molar-refractivity contribution in [1.82, 2.24) is 20.0 Å². The van der Waals surface area contributed by atoms with Gasteiger partial charge in [-0.1, -0.05) is 13.0 Å². The third kappa shape index (κ3) is 7.97. The maximum Gasteiger partial charge on any atom is 0.433 e. The van der Waals surface area contributed by atoms with Gasteiger partial charge in [-0.2, -0.15) is 26.3 Å². The van der Waals surface area contributed by atoms with E-state index in [0.29, 0.717) is 43.2 Å². The first kappa shape index (κ1) is 33.8. The summed E-state index contributed by atoms with van der Waals surface area (Å²) in [5.74, 6) is -3.37. The summed E-state index contributed by atoms with van der Waals surface area (Å²) in [5.41, 5.74) is -4.48. The van der Waals surface area contributed by atoms with Crippen LogP contribution >= 0.6 is 15.9 Å². The van der Waals surface area contributed by atoms with E-state index in [1.807, 2.05) is 0 Å². The van der Waals surface area contributed by atoms with Crippen LogP contribution in [-0.2, 0) is 28.5 Å². The van der Waals surface area contributed by atoms with Gasteiger partial charge in [-0.25, -0.2) is 19.4 Å². The number of nitrogens with zero attached hydrogens (tertiary/aromatic N) is 4. The summed E-state index contributed by atoms with van der Waals surface area (Å²) in [4.78, 5) is 34.4. The molecule has 1 aliphatic heterocycles. The lowest BCUT2D eigenvalue weighted by atomic mass is 10.0. The van der Waals surface area contributed by atoms with E-state index in [-0.39, 0.29) is 17.4 Å². The maximum absolute atomic E-state index is 13.9. The van der Waals surface area contributed by atoms with E-state index in [0.717, 1.165) is 18.9 Å². The van der Waals surface area contributed by atoms with Gasteiger partial charge >= 0.3 is 12.4 Å². The van der Waals surface area contributed by atoms with Crippen LogP contribution in [0.3, 0.4) is 0 Å². The van der Waals surface area contributed by atoms with Crippen molar-refractivity contribution in [2.24, 2.45) is 0 Å². The summed E-state index contributed by atoms with van der Waals surface area (Å²) in [6.07, 6.45) is -8.08. The molecule has 240 valence electrons. The van der Waals surface area contributed by atoms with E-state index in [1.165, 1.54) is 30.1 Å². The fourth-order valence-corrected chi connectivity index (χ4v) is 5.02. The molecule has 8 nitrogen and oxygen atoms in total. The first-order valence-electron chi connectivity index (χ1n) is 13.4. The zero-order chi connectivity index (χ0) is 33.1. The van der Waals surface area contributed by atoms with Crippen molar-refractivity contribution in [3.05, 3.63) is 87.2 Å². The van der Waals surface area contributed by atoms with E-state index >= 15 is 0 Å². The van der Waals surface area contributed by atoms with Gasteiger partial charge in [0.2, 0.25) is 0 Å². The van der Waals surface area contributed by atoms with Gasteiger partial charge in [0, 0.05) is 25.1 Å². The highest BCUT2D eigenvalue weighted by molar-refractivity contribution is 9.10. The second kappa shape index (κ2) is 13.5. The smallest absolute Gasteiger partial charge is 0.433 e. The molecule has 1 aliphatic rings. The lowest BCUT2D eigenvalue weighted by Crippen LogP contribution is -2.47. The number of carbonyl (C=O) groups excluding carboxylic acids is 2. The molecule has 0 aliphatic carbocycles. The Balaban J connectivity index is 1.75. The molecule has 2 N–H and O–H groups in total. The molecular weight excluding hydrogens is 679 g/mol. The van der Waals surface area contributed by atoms with Gasteiger partial charge in [0.25, 0.3) is 11.8 Å². The molecule has 0 radical (unpaired) electrons. The molecule has 1 saturated heterocycles. The lowest BCUT2D eigenvalue weighted by Gasteiger charge is -2.32. The molecule has 1 fully saturated rings. The number of aromatic nitrogens is 2. The van der Waals surface area contributed by atoms with Crippen molar-refractivity contribution in [2.75, 3.05) is 18.4 Å². The topological polar surface area (TPSA) is 98.7 Å². The van der Waals surface area contributed by atoms with Crippen molar-refractivity contribution in [3.8, 4) is 11.3 Å². The van der Waals surface area contributed by atoms with Crippen molar-refractivity contribution < 1.29 is 45.4 Å². The first-order chi connectivity index (χ1) is 21.1. The third-order valence-electron chi connectivity index (χ3n) is 6.87. The molecule has 0 bridgehead atoms. The Hall–Kier alpha value is -4.05. The van der Waals surface area contributed by atoms with E-state index in [1.54, 1.807) is 5.01 Å². The number of hydrogen-bond acceptors (Lipinski definition) is 6. The highest BCUT2D eigenvalue weighted by Gasteiger charge is 2.36. The third-order valence-corrected chi connectivity index (χ3v) is 7.48. The van der Waals surface area contributed by atoms with E-state index in [2.05, 4.69) is 31.2 Å². The van der Waals surface area contributed by atoms with Crippen LogP contribution in [0.1, 0.15) is 43.0 Å². The Labute approximate surface area is 260 Å². The molecule has 16 heteroatoms. The average Bonchev–Trinajstić information content (AvgIpc) is 3.51. The number of aliphatic hydroxyl groups excluding tert-OH is 1. The average molecular weight is 704 g/mol. The Morgan fingerprint density at radius 1 is 1.00 bits per heavy atom. The zero-order valence-electron chi connectivity index (χ0n) is 23.4. The number of hydrogen-bond donors (Lipinski definition) is 2. The minimum absolute atomic E-state index is 0.127. The minimum Gasteiger partial charge on any atom is -0.511 e. The standard InChI is InChI=1S/C29H25BrF7N5O3/c1-2-23(43)25(27(45)42(41-9-3-4-10-41)14-16-5-7-20(31)19(30)11-16)26(44)40-21-8-6-17(28(32,33)34)12-18(21)22-13-24(29(35,36)37)39-15-38-22/h5-8,11-13,15,43H,2-4,9-10,14H2,1H3,(H,40,44)/b25-23+. The largest absolute Gasteiger partial charge is 0.511 e. The van der Waals surface area contributed by atoms with Gasteiger partial charge in [-0.05, 0) is 70.7 Å². The molecular formula is C29H25BrF7N5O3. The summed E-state index contributed by atoms with van der Waals surface area (Å²) in [6, 6.07) is 6.40. The Morgan fingerprint density at radius 2 is 1.69 bits per heavy atom. The number of halogens is 8.